The van der Waals surface area contributed by atoms with Crippen LogP contribution in [0.1, 0.15) is 15.9 Å². The number of guanidine groups is 1. The third-order valence-electron chi connectivity index (χ3n) is 2.71. The first-order chi connectivity index (χ1) is 10.1. The van der Waals surface area contributed by atoms with Crippen LogP contribution in [0.2, 0.25) is 0 Å². The number of nitrogens with zero attached hydrogens (tertiary/aromatic N) is 2. The van der Waals surface area contributed by atoms with E-state index in [-0.39, 0.29) is 11.5 Å². The smallest absolute Gasteiger partial charge is 0.335 e. The summed E-state index contributed by atoms with van der Waals surface area (Å²) in [5.41, 5.74) is 13.1. The molecule has 0 aliphatic heterocycles. The van der Waals surface area contributed by atoms with Gasteiger partial charge in [-0.05, 0) is 34.9 Å². The summed E-state index contributed by atoms with van der Waals surface area (Å²) in [7, 11) is 0. The monoisotopic (exact) mass is 282 g/mol. The van der Waals surface area contributed by atoms with Gasteiger partial charge in [0.2, 0.25) is 5.96 Å². The number of benzene rings is 2. The topological polar surface area (TPSA) is 114 Å². The largest absolute Gasteiger partial charge is 0.478 e. The van der Waals surface area contributed by atoms with Crippen LogP contribution >= 0.6 is 0 Å². The molecular weight excluding hydrogens is 268 g/mol. The fourth-order valence-electron chi connectivity index (χ4n) is 1.79. The number of rotatable bonds is 4. The van der Waals surface area contributed by atoms with Crippen LogP contribution in [-0.2, 0) is 0 Å². The van der Waals surface area contributed by atoms with Gasteiger partial charge in [-0.1, -0.05) is 30.3 Å². The second-order valence-electron chi connectivity index (χ2n) is 4.28. The highest BCUT2D eigenvalue weighted by Gasteiger charge is 2.04. The fraction of sp³-hybridized carbons (Fsp3) is 0. The molecule has 0 radical (unpaired) electrons. The molecule has 0 saturated carbocycles. The van der Waals surface area contributed by atoms with Gasteiger partial charge in [0, 0.05) is 0 Å². The minimum Gasteiger partial charge on any atom is -0.478 e. The second-order valence-corrected chi connectivity index (χ2v) is 4.28. The Bertz CT molecular complexity index is 719. The Morgan fingerprint density at radius 2 is 1.71 bits per heavy atom. The van der Waals surface area contributed by atoms with Crippen LogP contribution in [0.3, 0.4) is 0 Å². The van der Waals surface area contributed by atoms with Crippen molar-refractivity contribution >= 4 is 18.1 Å². The Labute approximate surface area is 121 Å². The Morgan fingerprint density at radius 1 is 1.05 bits per heavy atom. The molecule has 0 aromatic heterocycles. The predicted octanol–water partition coefficient (Wildman–Crippen LogP) is 1.66. The van der Waals surface area contributed by atoms with E-state index in [0.717, 1.165) is 16.7 Å². The number of hydrogen-bond acceptors (Lipinski definition) is 3. The van der Waals surface area contributed by atoms with Gasteiger partial charge in [0.15, 0.2) is 0 Å². The molecule has 6 nitrogen and oxygen atoms in total. The van der Waals surface area contributed by atoms with Crippen LogP contribution in [-0.4, -0.2) is 23.2 Å². The number of carbonyl (C=O) groups is 1. The van der Waals surface area contributed by atoms with E-state index in [1.54, 1.807) is 18.2 Å². The molecule has 106 valence electrons. The summed E-state index contributed by atoms with van der Waals surface area (Å²) in [6.45, 7) is 0. The quantitative estimate of drug-likeness (QED) is 0.449. The Balaban J connectivity index is 2.33. The van der Waals surface area contributed by atoms with Crippen LogP contribution in [0.15, 0.2) is 58.7 Å². The van der Waals surface area contributed by atoms with Crippen molar-refractivity contribution in [3.63, 3.8) is 0 Å². The van der Waals surface area contributed by atoms with Gasteiger partial charge >= 0.3 is 5.97 Å². The van der Waals surface area contributed by atoms with Crippen LogP contribution in [0.25, 0.3) is 11.1 Å². The van der Waals surface area contributed by atoms with Crippen molar-refractivity contribution in [2.75, 3.05) is 0 Å². The summed E-state index contributed by atoms with van der Waals surface area (Å²) < 4.78 is 0. The molecule has 0 saturated heterocycles. The second kappa shape index (κ2) is 6.33. The normalized spacial score (nSPS) is 10.5. The van der Waals surface area contributed by atoms with Crippen LogP contribution in [0.5, 0.6) is 0 Å². The summed E-state index contributed by atoms with van der Waals surface area (Å²) in [6, 6.07) is 14.2. The molecule has 5 N–H and O–H groups in total. The Hall–Kier alpha value is -3.15. The third-order valence-corrected chi connectivity index (χ3v) is 2.71. The van der Waals surface area contributed by atoms with Gasteiger partial charge < -0.3 is 16.6 Å². The van der Waals surface area contributed by atoms with E-state index in [1.165, 1.54) is 6.21 Å². The molecule has 0 aliphatic carbocycles. The standard InChI is InChI=1S/C15H14N4O2/c16-15(17)19-18-9-10-3-1-4-11(7-10)12-5-2-6-13(8-12)14(20)21/h1-9H,(H,20,21)(H4,16,17,19). The first-order valence-corrected chi connectivity index (χ1v) is 6.12. The van der Waals surface area contributed by atoms with Crippen molar-refractivity contribution in [1.29, 1.82) is 0 Å². The number of hydrogen-bond donors (Lipinski definition) is 3. The van der Waals surface area contributed by atoms with Gasteiger partial charge in [0.05, 0.1) is 11.8 Å². The number of nitrogens with two attached hydrogens (primary N) is 2. The zero-order chi connectivity index (χ0) is 15.2. The molecule has 2 rings (SSSR count). The minimum atomic E-state index is -0.956. The van der Waals surface area contributed by atoms with Gasteiger partial charge in [-0.15, -0.1) is 5.10 Å². The molecule has 6 heteroatoms. The van der Waals surface area contributed by atoms with Gasteiger partial charge in [-0.25, -0.2) is 4.79 Å². The summed E-state index contributed by atoms with van der Waals surface area (Å²) in [4.78, 5) is 11.0. The van der Waals surface area contributed by atoms with E-state index in [1.807, 2.05) is 30.3 Å². The van der Waals surface area contributed by atoms with E-state index in [9.17, 15) is 4.79 Å². The molecular formula is C15H14N4O2. The molecule has 21 heavy (non-hydrogen) atoms. The SMILES string of the molecule is NC(N)=NN=Cc1cccc(-c2cccc(C(=O)O)c2)c1. The third kappa shape index (κ3) is 3.90. The van der Waals surface area contributed by atoms with E-state index in [4.69, 9.17) is 16.6 Å². The summed E-state index contributed by atoms with van der Waals surface area (Å²) >= 11 is 0. The lowest BCUT2D eigenvalue weighted by Gasteiger charge is -2.04. The Morgan fingerprint density at radius 3 is 2.38 bits per heavy atom. The Kier molecular flexibility index (Phi) is 4.30. The molecule has 0 heterocycles. The van der Waals surface area contributed by atoms with E-state index in [2.05, 4.69) is 10.2 Å². The zero-order valence-corrected chi connectivity index (χ0v) is 11.1. The molecule has 0 atom stereocenters. The molecule has 0 spiro atoms. The van der Waals surface area contributed by atoms with Crippen molar-refractivity contribution in [2.45, 2.75) is 0 Å². The lowest BCUT2D eigenvalue weighted by Crippen LogP contribution is -2.21. The van der Waals surface area contributed by atoms with E-state index >= 15 is 0 Å². The van der Waals surface area contributed by atoms with E-state index in [0.29, 0.717) is 0 Å². The van der Waals surface area contributed by atoms with Gasteiger partial charge in [-0.2, -0.15) is 5.10 Å². The number of carboxylic acids is 1. The number of aromatic carboxylic acids is 1. The summed E-state index contributed by atoms with van der Waals surface area (Å²) in [6.07, 6.45) is 1.52. The first-order valence-electron chi connectivity index (χ1n) is 6.12. The molecule has 0 fully saturated rings. The summed E-state index contributed by atoms with van der Waals surface area (Å²) in [5.74, 6) is -1.07. The predicted molar refractivity (Wildman–Crippen MR) is 82.2 cm³/mol. The lowest BCUT2D eigenvalue weighted by molar-refractivity contribution is 0.0697. The first kappa shape index (κ1) is 14.3. The maximum Gasteiger partial charge on any atom is 0.335 e. The van der Waals surface area contributed by atoms with Crippen molar-refractivity contribution in [1.82, 2.24) is 0 Å². The average molecular weight is 282 g/mol. The van der Waals surface area contributed by atoms with Crippen LogP contribution in [0.4, 0.5) is 0 Å². The van der Waals surface area contributed by atoms with Gasteiger partial charge in [0.25, 0.3) is 0 Å². The van der Waals surface area contributed by atoms with Crippen molar-refractivity contribution in [3.8, 4) is 11.1 Å². The molecule has 0 aliphatic rings. The van der Waals surface area contributed by atoms with Crippen molar-refractivity contribution in [3.05, 3.63) is 59.7 Å². The molecule has 0 unspecified atom stereocenters. The average Bonchev–Trinajstić information content (AvgIpc) is 2.47. The van der Waals surface area contributed by atoms with Gasteiger partial charge in [0.1, 0.15) is 0 Å². The zero-order valence-electron chi connectivity index (χ0n) is 11.1. The highest BCUT2D eigenvalue weighted by Crippen LogP contribution is 2.21. The van der Waals surface area contributed by atoms with E-state index < -0.39 is 5.97 Å². The number of carboxylic acid groups (broad SMARTS) is 1. The molecule has 2 aromatic rings. The molecule has 0 amide bonds. The highest BCUT2D eigenvalue weighted by atomic mass is 16.4. The lowest BCUT2D eigenvalue weighted by atomic mass is 10.0. The van der Waals surface area contributed by atoms with Crippen molar-refractivity contribution < 1.29 is 9.90 Å². The molecule has 0 bridgehead atoms. The van der Waals surface area contributed by atoms with Crippen LogP contribution < -0.4 is 11.5 Å². The highest BCUT2D eigenvalue weighted by molar-refractivity contribution is 5.90. The van der Waals surface area contributed by atoms with Gasteiger partial charge in [-0.3, -0.25) is 0 Å². The maximum absolute atomic E-state index is 11.0. The van der Waals surface area contributed by atoms with Crippen LogP contribution in [0, 0.1) is 0 Å². The fourth-order valence-corrected chi connectivity index (χ4v) is 1.79. The molecule has 2 aromatic carbocycles. The maximum atomic E-state index is 11.0. The minimum absolute atomic E-state index is 0.114. The summed E-state index contributed by atoms with van der Waals surface area (Å²) in [5, 5.41) is 16.3. The van der Waals surface area contributed by atoms with Crippen molar-refractivity contribution in [2.24, 2.45) is 21.7 Å².